The van der Waals surface area contributed by atoms with Crippen LogP contribution < -0.4 is 9.47 Å². The highest BCUT2D eigenvalue weighted by Gasteiger charge is 2.33. The Hall–Kier alpha value is -2.46. The number of carbonyl (C=O) groups excluding carboxylic acids is 1. The molecule has 0 aromatic heterocycles. The Balaban J connectivity index is 3.38. The molecule has 0 saturated heterocycles. The maximum Gasteiger partial charge on any atom is 0.573 e. The summed E-state index contributed by atoms with van der Waals surface area (Å²) in [5, 5.41) is 10.6. The van der Waals surface area contributed by atoms with Gasteiger partial charge in [0, 0.05) is 0 Å². The van der Waals surface area contributed by atoms with Gasteiger partial charge in [0.25, 0.3) is 0 Å². The molecule has 0 atom stereocenters. The summed E-state index contributed by atoms with van der Waals surface area (Å²) in [5.41, 5.74) is -2.13. The van der Waals surface area contributed by atoms with Crippen LogP contribution in [0.25, 0.3) is 0 Å². The minimum atomic E-state index is -5.17. The van der Waals surface area contributed by atoms with Crippen LogP contribution in [0.1, 0.15) is 10.4 Å². The van der Waals surface area contributed by atoms with Crippen molar-refractivity contribution in [2.24, 2.45) is 0 Å². The summed E-state index contributed by atoms with van der Waals surface area (Å²) in [5.74, 6) is -2.25. The fraction of sp³-hybridized carbons (Fsp3) is 0.222. The number of nitro benzene ring substituents is 1. The van der Waals surface area contributed by atoms with Crippen molar-refractivity contribution < 1.29 is 41.1 Å². The molecule has 6 nitrogen and oxygen atoms in total. The zero-order valence-electron chi connectivity index (χ0n) is 9.19. The maximum absolute atomic E-state index is 12.1. The van der Waals surface area contributed by atoms with E-state index in [0.717, 1.165) is 0 Å². The van der Waals surface area contributed by atoms with E-state index in [-0.39, 0.29) is 12.4 Å². The summed E-state index contributed by atoms with van der Waals surface area (Å²) in [6.07, 6.45) is -5.34. The van der Waals surface area contributed by atoms with E-state index in [1.165, 1.54) is 0 Å². The van der Waals surface area contributed by atoms with E-state index >= 15 is 0 Å². The molecule has 20 heavy (non-hydrogen) atoms. The molecule has 11 heteroatoms. The molecule has 0 amide bonds. The highest BCUT2D eigenvalue weighted by atomic mass is 19.4. The fourth-order valence-electron chi connectivity index (χ4n) is 1.24. The molecule has 1 aromatic rings. The van der Waals surface area contributed by atoms with Gasteiger partial charge >= 0.3 is 18.7 Å². The minimum Gasteiger partial charge on any atom is -0.427 e. The Morgan fingerprint density at radius 1 is 1.30 bits per heavy atom. The SMILES string of the molecule is O=Cc1cc(OC(F)(F)F)cc([N+](=O)[O-])c1OC(F)F. The average Bonchev–Trinajstić information content (AvgIpc) is 2.27. The van der Waals surface area contributed by atoms with Gasteiger partial charge in [0.2, 0.25) is 5.75 Å². The largest absolute Gasteiger partial charge is 0.573 e. The van der Waals surface area contributed by atoms with Crippen LogP contribution in [0.3, 0.4) is 0 Å². The Labute approximate surface area is 106 Å². The van der Waals surface area contributed by atoms with Crippen LogP contribution >= 0.6 is 0 Å². The van der Waals surface area contributed by atoms with Crippen molar-refractivity contribution in [1.29, 1.82) is 0 Å². The van der Waals surface area contributed by atoms with Gasteiger partial charge in [0.05, 0.1) is 16.6 Å². The molecule has 1 rings (SSSR count). The number of aldehydes is 1. The van der Waals surface area contributed by atoms with Gasteiger partial charge in [-0.25, -0.2) is 0 Å². The third-order valence-electron chi connectivity index (χ3n) is 1.84. The first kappa shape index (κ1) is 15.6. The monoisotopic (exact) mass is 301 g/mol. The number of rotatable bonds is 5. The molecule has 0 heterocycles. The van der Waals surface area contributed by atoms with E-state index in [0.29, 0.717) is 6.07 Å². The molecular formula is C9H4F5NO5. The number of alkyl halides is 5. The summed E-state index contributed by atoms with van der Waals surface area (Å²) in [6, 6.07) is 0.614. The quantitative estimate of drug-likeness (QED) is 0.361. The molecule has 0 radical (unpaired) electrons. The lowest BCUT2D eigenvalue weighted by Crippen LogP contribution is -2.17. The van der Waals surface area contributed by atoms with Crippen molar-refractivity contribution in [3.63, 3.8) is 0 Å². The number of hydrogen-bond donors (Lipinski definition) is 0. The normalized spacial score (nSPS) is 11.3. The molecule has 1 aromatic carbocycles. The predicted molar refractivity (Wildman–Crippen MR) is 51.8 cm³/mol. The zero-order chi connectivity index (χ0) is 15.5. The molecule has 0 aliphatic rings. The zero-order valence-corrected chi connectivity index (χ0v) is 9.19. The highest BCUT2D eigenvalue weighted by molar-refractivity contribution is 5.83. The van der Waals surface area contributed by atoms with Gasteiger partial charge in [-0.2, -0.15) is 8.78 Å². The molecule has 0 N–H and O–H groups in total. The van der Waals surface area contributed by atoms with Crippen LogP contribution in [-0.2, 0) is 0 Å². The molecular weight excluding hydrogens is 297 g/mol. The molecule has 110 valence electrons. The van der Waals surface area contributed by atoms with Crippen molar-refractivity contribution >= 4 is 12.0 Å². The second kappa shape index (κ2) is 5.67. The van der Waals surface area contributed by atoms with Crippen molar-refractivity contribution in [2.75, 3.05) is 0 Å². The van der Waals surface area contributed by atoms with E-state index in [1.807, 2.05) is 0 Å². The van der Waals surface area contributed by atoms with Crippen molar-refractivity contribution in [1.82, 2.24) is 0 Å². The average molecular weight is 301 g/mol. The van der Waals surface area contributed by atoms with Crippen molar-refractivity contribution in [2.45, 2.75) is 13.0 Å². The molecule has 0 aliphatic heterocycles. The van der Waals surface area contributed by atoms with Crippen LogP contribution in [0, 0.1) is 10.1 Å². The van der Waals surface area contributed by atoms with Gasteiger partial charge in [-0.3, -0.25) is 14.9 Å². The van der Waals surface area contributed by atoms with Gasteiger partial charge < -0.3 is 9.47 Å². The minimum absolute atomic E-state index is 0.173. The first-order valence-electron chi connectivity index (χ1n) is 4.62. The first-order chi connectivity index (χ1) is 9.14. The highest BCUT2D eigenvalue weighted by Crippen LogP contribution is 2.37. The summed E-state index contributed by atoms with van der Waals surface area (Å²) >= 11 is 0. The first-order valence-corrected chi connectivity index (χ1v) is 4.62. The Bertz CT molecular complexity index is 530. The summed E-state index contributed by atoms with van der Waals surface area (Å²) in [4.78, 5) is 20.0. The van der Waals surface area contributed by atoms with E-state index in [2.05, 4.69) is 9.47 Å². The second-order valence-corrected chi connectivity index (χ2v) is 3.16. The number of hydrogen-bond acceptors (Lipinski definition) is 5. The number of carbonyl (C=O) groups is 1. The second-order valence-electron chi connectivity index (χ2n) is 3.16. The van der Waals surface area contributed by atoms with E-state index < -0.39 is 40.6 Å². The molecule has 0 unspecified atom stereocenters. The van der Waals surface area contributed by atoms with Gasteiger partial charge in [0.15, 0.2) is 6.29 Å². The van der Waals surface area contributed by atoms with Crippen molar-refractivity contribution in [3.05, 3.63) is 27.8 Å². The lowest BCUT2D eigenvalue weighted by molar-refractivity contribution is -0.386. The van der Waals surface area contributed by atoms with Crippen molar-refractivity contribution in [3.8, 4) is 11.5 Å². The predicted octanol–water partition coefficient (Wildman–Crippen LogP) is 2.91. The van der Waals surface area contributed by atoms with Gasteiger partial charge in [-0.1, -0.05) is 0 Å². The molecule has 0 fully saturated rings. The standard InChI is InChI=1S/C9H4F5NO5/c10-8(11)19-7-4(3-16)1-5(20-9(12,13)14)2-6(7)15(17)18/h1-3,8H. The Morgan fingerprint density at radius 2 is 1.90 bits per heavy atom. The number of ether oxygens (including phenoxy) is 2. The lowest BCUT2D eigenvalue weighted by Gasteiger charge is -2.12. The number of halogens is 5. The van der Waals surface area contributed by atoms with Gasteiger partial charge in [-0.15, -0.1) is 13.2 Å². The number of nitro groups is 1. The summed E-state index contributed by atoms with van der Waals surface area (Å²) < 4.78 is 67.3. The smallest absolute Gasteiger partial charge is 0.427 e. The third-order valence-corrected chi connectivity index (χ3v) is 1.84. The topological polar surface area (TPSA) is 78.7 Å². The van der Waals surface area contributed by atoms with Crippen LogP contribution in [0.5, 0.6) is 11.5 Å². The Morgan fingerprint density at radius 3 is 2.30 bits per heavy atom. The summed E-state index contributed by atoms with van der Waals surface area (Å²) in [7, 11) is 0. The van der Waals surface area contributed by atoms with Crippen LogP contribution in [0.2, 0.25) is 0 Å². The number of nitrogens with zero attached hydrogens (tertiary/aromatic N) is 1. The molecule has 0 aliphatic carbocycles. The van der Waals surface area contributed by atoms with E-state index in [1.54, 1.807) is 0 Å². The maximum atomic E-state index is 12.1. The third kappa shape index (κ3) is 4.03. The number of benzene rings is 1. The van der Waals surface area contributed by atoms with Crippen LogP contribution in [0.15, 0.2) is 12.1 Å². The summed E-state index contributed by atoms with van der Waals surface area (Å²) in [6.45, 7) is -3.50. The van der Waals surface area contributed by atoms with Gasteiger partial charge in [0.1, 0.15) is 5.75 Å². The molecule has 0 bridgehead atoms. The fourth-order valence-corrected chi connectivity index (χ4v) is 1.24. The lowest BCUT2D eigenvalue weighted by atomic mass is 10.1. The van der Waals surface area contributed by atoms with Crippen LogP contribution in [0.4, 0.5) is 27.6 Å². The molecule has 0 saturated carbocycles. The van der Waals surface area contributed by atoms with E-state index in [9.17, 15) is 36.9 Å². The Kier molecular flexibility index (Phi) is 4.42. The van der Waals surface area contributed by atoms with Crippen LogP contribution in [-0.4, -0.2) is 24.2 Å². The van der Waals surface area contributed by atoms with Gasteiger partial charge in [-0.05, 0) is 6.07 Å². The molecule has 0 spiro atoms. The van der Waals surface area contributed by atoms with E-state index in [4.69, 9.17) is 0 Å².